The molecule has 1 nitrogen and oxygen atoms in total. The molecule has 16 heavy (non-hydrogen) atoms. The molecule has 0 saturated carbocycles. The van der Waals surface area contributed by atoms with E-state index in [4.69, 9.17) is 0 Å². The Labute approximate surface area is 102 Å². The Kier molecular flexibility index (Phi) is 4.19. The van der Waals surface area contributed by atoms with E-state index >= 15 is 0 Å². The molecule has 0 aromatic heterocycles. The van der Waals surface area contributed by atoms with E-state index in [9.17, 15) is 13.6 Å². The van der Waals surface area contributed by atoms with E-state index < -0.39 is 22.4 Å². The number of alkyl halides is 1. The highest BCUT2D eigenvalue weighted by molar-refractivity contribution is 9.10. The highest BCUT2D eigenvalue weighted by Crippen LogP contribution is 2.28. The summed E-state index contributed by atoms with van der Waals surface area (Å²) in [5, 5.41) is 0. The number of rotatable bonds is 3. The molecular weight excluding hydrogens is 278 g/mol. The fourth-order valence-corrected chi connectivity index (χ4v) is 1.81. The smallest absolute Gasteiger partial charge is 0.144 e. The van der Waals surface area contributed by atoms with E-state index in [1.807, 2.05) is 0 Å². The summed E-state index contributed by atoms with van der Waals surface area (Å²) < 4.78 is 26.9. The molecule has 0 amide bonds. The van der Waals surface area contributed by atoms with Crippen molar-refractivity contribution in [2.24, 2.45) is 0 Å². The molecule has 0 bridgehead atoms. The molecule has 1 rings (SSSR count). The quantitative estimate of drug-likeness (QED) is 0.776. The van der Waals surface area contributed by atoms with Gasteiger partial charge in [-0.15, -0.1) is 0 Å². The lowest BCUT2D eigenvalue weighted by molar-refractivity contribution is -0.116. The fraction of sp³-hybridized carbons (Fsp3) is 0.417. The number of carbonyl (C=O) groups excluding carboxylic acids is 1. The number of Topliss-reactive ketones (excluding diaryl/α,β-unsaturated/α-hetero) is 1. The maximum absolute atomic E-state index is 13.6. The molecule has 2 unspecified atom stereocenters. The maximum atomic E-state index is 13.6. The third-order valence-electron chi connectivity index (χ3n) is 2.60. The van der Waals surface area contributed by atoms with Crippen LogP contribution in [0.5, 0.6) is 0 Å². The maximum Gasteiger partial charge on any atom is 0.144 e. The van der Waals surface area contributed by atoms with Crippen molar-refractivity contribution in [1.82, 2.24) is 0 Å². The highest BCUT2D eigenvalue weighted by atomic mass is 79.9. The van der Waals surface area contributed by atoms with Gasteiger partial charge < -0.3 is 0 Å². The second kappa shape index (κ2) is 5.04. The van der Waals surface area contributed by atoms with Crippen LogP contribution in [0.2, 0.25) is 0 Å². The van der Waals surface area contributed by atoms with E-state index in [2.05, 4.69) is 15.9 Å². The van der Waals surface area contributed by atoms with Crippen LogP contribution < -0.4 is 0 Å². The van der Waals surface area contributed by atoms with E-state index in [-0.39, 0.29) is 16.9 Å². The van der Waals surface area contributed by atoms with E-state index in [0.717, 1.165) is 12.1 Å². The van der Waals surface area contributed by atoms with Gasteiger partial charge >= 0.3 is 0 Å². The molecule has 0 fully saturated rings. The normalized spacial score (nSPS) is 14.6. The van der Waals surface area contributed by atoms with Crippen LogP contribution in [0.25, 0.3) is 0 Å². The van der Waals surface area contributed by atoms with Crippen LogP contribution in [-0.2, 0) is 4.79 Å². The van der Waals surface area contributed by atoms with Crippen LogP contribution in [0.4, 0.5) is 8.78 Å². The summed E-state index contributed by atoms with van der Waals surface area (Å²) in [5.74, 6) is -1.43. The Morgan fingerprint density at radius 1 is 1.31 bits per heavy atom. The lowest BCUT2D eigenvalue weighted by Gasteiger charge is -2.17. The molecule has 4 heteroatoms. The molecule has 0 spiro atoms. The first-order valence-electron chi connectivity index (χ1n) is 4.94. The molecule has 2 atom stereocenters. The van der Waals surface area contributed by atoms with Gasteiger partial charge in [0.1, 0.15) is 17.4 Å². The van der Waals surface area contributed by atoms with Crippen LogP contribution >= 0.6 is 15.9 Å². The van der Waals surface area contributed by atoms with Gasteiger partial charge in [0.2, 0.25) is 0 Å². The zero-order valence-electron chi connectivity index (χ0n) is 9.35. The third-order valence-corrected chi connectivity index (χ3v) is 4.03. The van der Waals surface area contributed by atoms with Gasteiger partial charge in [-0.1, -0.05) is 22.9 Å². The van der Waals surface area contributed by atoms with Crippen molar-refractivity contribution in [1.29, 1.82) is 0 Å². The molecule has 1 aromatic rings. The van der Waals surface area contributed by atoms with Crippen molar-refractivity contribution in [3.8, 4) is 0 Å². The van der Waals surface area contributed by atoms with Crippen molar-refractivity contribution in [3.05, 3.63) is 34.9 Å². The fourth-order valence-electron chi connectivity index (χ4n) is 1.52. The number of benzene rings is 1. The van der Waals surface area contributed by atoms with Gasteiger partial charge in [-0.05, 0) is 37.1 Å². The Bertz CT molecular complexity index is 418. The molecule has 88 valence electrons. The SMILES string of the molecule is CC(=O)C(Br)C(C)c1cc(F)c(C)cc1F. The number of hydrogen-bond acceptors (Lipinski definition) is 1. The number of hydrogen-bond donors (Lipinski definition) is 0. The van der Waals surface area contributed by atoms with E-state index in [1.54, 1.807) is 6.92 Å². The molecule has 0 aliphatic carbocycles. The minimum atomic E-state index is -0.496. The Morgan fingerprint density at radius 3 is 2.38 bits per heavy atom. The second-order valence-electron chi connectivity index (χ2n) is 3.92. The van der Waals surface area contributed by atoms with Crippen LogP contribution in [-0.4, -0.2) is 10.6 Å². The first-order chi connectivity index (χ1) is 7.34. The molecule has 0 aliphatic heterocycles. The summed E-state index contributed by atoms with van der Waals surface area (Å²) in [6, 6.07) is 2.31. The second-order valence-corrected chi connectivity index (χ2v) is 4.91. The van der Waals surface area contributed by atoms with Crippen molar-refractivity contribution in [2.45, 2.75) is 31.5 Å². The van der Waals surface area contributed by atoms with Gasteiger partial charge in [0.15, 0.2) is 0 Å². The third kappa shape index (κ3) is 2.67. The van der Waals surface area contributed by atoms with Crippen molar-refractivity contribution in [2.75, 3.05) is 0 Å². The van der Waals surface area contributed by atoms with Crippen LogP contribution in [0, 0.1) is 18.6 Å². The summed E-state index contributed by atoms with van der Waals surface area (Å²) in [6.07, 6.45) is 0. The monoisotopic (exact) mass is 290 g/mol. The summed E-state index contributed by atoms with van der Waals surface area (Å²) >= 11 is 3.18. The number of aryl methyl sites for hydroxylation is 1. The van der Waals surface area contributed by atoms with Gasteiger partial charge in [-0.25, -0.2) is 8.78 Å². The van der Waals surface area contributed by atoms with Gasteiger partial charge in [0.25, 0.3) is 0 Å². The van der Waals surface area contributed by atoms with Gasteiger partial charge in [0, 0.05) is 5.92 Å². The van der Waals surface area contributed by atoms with Crippen LogP contribution in [0.15, 0.2) is 12.1 Å². The highest BCUT2D eigenvalue weighted by Gasteiger charge is 2.23. The minimum Gasteiger partial charge on any atom is -0.299 e. The van der Waals surface area contributed by atoms with Gasteiger partial charge in [-0.2, -0.15) is 0 Å². The first kappa shape index (κ1) is 13.3. The molecule has 0 heterocycles. The summed E-state index contributed by atoms with van der Waals surface area (Å²) in [7, 11) is 0. The van der Waals surface area contributed by atoms with Crippen LogP contribution in [0.3, 0.4) is 0 Å². The number of halogens is 3. The predicted molar refractivity (Wildman–Crippen MR) is 62.9 cm³/mol. The zero-order valence-corrected chi connectivity index (χ0v) is 10.9. The Balaban J connectivity index is 3.13. The van der Waals surface area contributed by atoms with Gasteiger partial charge in [0.05, 0.1) is 4.83 Å². The minimum absolute atomic E-state index is 0.104. The van der Waals surface area contributed by atoms with Crippen molar-refractivity contribution < 1.29 is 13.6 Å². The van der Waals surface area contributed by atoms with E-state index in [1.165, 1.54) is 13.8 Å². The predicted octanol–water partition coefficient (Wildman–Crippen LogP) is 3.73. The van der Waals surface area contributed by atoms with E-state index in [0.29, 0.717) is 0 Å². The molecule has 0 N–H and O–H groups in total. The lowest BCUT2D eigenvalue weighted by atomic mass is 9.94. The van der Waals surface area contributed by atoms with Crippen LogP contribution in [0.1, 0.15) is 30.9 Å². The lowest BCUT2D eigenvalue weighted by Crippen LogP contribution is -2.18. The average Bonchev–Trinajstić information content (AvgIpc) is 2.21. The van der Waals surface area contributed by atoms with Gasteiger partial charge in [-0.3, -0.25) is 4.79 Å². The topological polar surface area (TPSA) is 17.1 Å². The molecule has 0 saturated heterocycles. The molecule has 0 aliphatic rings. The molecule has 0 radical (unpaired) electrons. The molecular formula is C12H13BrF2O. The summed E-state index contributed by atoms with van der Waals surface area (Å²) in [5.41, 5.74) is 0.488. The standard InChI is InChI=1S/C12H13BrF2O/c1-6-4-11(15)9(5-10(6)14)7(2)12(13)8(3)16/h4-5,7,12H,1-3H3. The largest absolute Gasteiger partial charge is 0.299 e. The number of ketones is 1. The van der Waals surface area contributed by atoms with Crippen molar-refractivity contribution >= 4 is 21.7 Å². The first-order valence-corrected chi connectivity index (χ1v) is 5.86. The number of carbonyl (C=O) groups is 1. The average molecular weight is 291 g/mol. The molecule has 1 aromatic carbocycles. The zero-order chi connectivity index (χ0) is 12.5. The Morgan fingerprint density at radius 2 is 1.88 bits per heavy atom. The van der Waals surface area contributed by atoms with Crippen molar-refractivity contribution in [3.63, 3.8) is 0 Å². The summed E-state index contributed by atoms with van der Waals surface area (Å²) in [4.78, 5) is 10.7. The Hall–Kier alpha value is -0.770. The summed E-state index contributed by atoms with van der Waals surface area (Å²) in [6.45, 7) is 4.61.